The third kappa shape index (κ3) is 2.88. The average molecular weight is 310 g/mol. The summed E-state index contributed by atoms with van der Waals surface area (Å²) in [5, 5.41) is 3.30. The molecule has 1 aromatic carbocycles. The lowest BCUT2D eigenvalue weighted by molar-refractivity contribution is -0.137. The predicted molar refractivity (Wildman–Crippen MR) is 75.8 cm³/mol. The van der Waals surface area contributed by atoms with Gasteiger partial charge in [0, 0.05) is 25.7 Å². The number of amides is 1. The first-order valence-electron chi connectivity index (χ1n) is 7.21. The molecule has 1 aliphatic heterocycles. The predicted octanol–water partition coefficient (Wildman–Crippen LogP) is 2.44. The van der Waals surface area contributed by atoms with E-state index in [0.29, 0.717) is 43.1 Å². The molecule has 1 unspecified atom stereocenters. The van der Waals surface area contributed by atoms with Gasteiger partial charge in [-0.3, -0.25) is 4.79 Å². The van der Waals surface area contributed by atoms with Crippen LogP contribution in [0.1, 0.15) is 11.1 Å². The maximum Gasteiger partial charge on any atom is 0.416 e. The van der Waals surface area contributed by atoms with Crippen LogP contribution in [0.2, 0.25) is 0 Å². The van der Waals surface area contributed by atoms with Gasteiger partial charge in [0.05, 0.1) is 5.56 Å². The number of fused-ring (bicyclic) bond motifs is 1. The summed E-state index contributed by atoms with van der Waals surface area (Å²) in [6.07, 6.45) is -2.99. The standard InChI is InChI=1S/C16H17F3N2O/c1-2-14(22)21-8-12-13(9-21)15(12)20-7-10-4-3-5-11(6-10)16(17,18)19/h2-6,12-13,15,20H,1,7-9H2/t12-,13+,15?. The molecule has 1 saturated carbocycles. The number of carbonyl (C=O) groups excluding carboxylic acids is 1. The fourth-order valence-corrected chi connectivity index (χ4v) is 3.23. The summed E-state index contributed by atoms with van der Waals surface area (Å²) in [4.78, 5) is 13.2. The van der Waals surface area contributed by atoms with Crippen molar-refractivity contribution < 1.29 is 18.0 Å². The molecule has 1 N–H and O–H groups in total. The summed E-state index contributed by atoms with van der Waals surface area (Å²) in [6, 6.07) is 5.67. The zero-order chi connectivity index (χ0) is 15.9. The lowest BCUT2D eigenvalue weighted by Crippen LogP contribution is -2.34. The minimum absolute atomic E-state index is 0.0520. The number of carbonyl (C=O) groups is 1. The zero-order valence-corrected chi connectivity index (χ0v) is 11.9. The molecule has 22 heavy (non-hydrogen) atoms. The molecule has 1 aromatic rings. The van der Waals surface area contributed by atoms with Crippen LogP contribution in [0.15, 0.2) is 36.9 Å². The molecule has 6 heteroatoms. The van der Waals surface area contributed by atoms with Gasteiger partial charge in [-0.25, -0.2) is 0 Å². The second-order valence-corrected chi connectivity index (χ2v) is 5.88. The van der Waals surface area contributed by atoms with Crippen LogP contribution in [0, 0.1) is 11.8 Å². The van der Waals surface area contributed by atoms with E-state index in [1.165, 1.54) is 18.2 Å². The highest BCUT2D eigenvalue weighted by atomic mass is 19.4. The number of piperidine rings is 1. The number of likely N-dealkylation sites (tertiary alicyclic amines) is 1. The average Bonchev–Trinajstić information content (AvgIpc) is 2.93. The first-order valence-corrected chi connectivity index (χ1v) is 7.21. The smallest absolute Gasteiger partial charge is 0.338 e. The van der Waals surface area contributed by atoms with E-state index in [9.17, 15) is 18.0 Å². The van der Waals surface area contributed by atoms with Gasteiger partial charge in [-0.2, -0.15) is 13.2 Å². The first kappa shape index (κ1) is 15.1. The Morgan fingerprint density at radius 3 is 2.64 bits per heavy atom. The molecule has 1 heterocycles. The molecular weight excluding hydrogens is 293 g/mol. The van der Waals surface area contributed by atoms with Crippen LogP contribution in [-0.2, 0) is 17.5 Å². The van der Waals surface area contributed by atoms with Crippen LogP contribution in [-0.4, -0.2) is 29.9 Å². The highest BCUT2D eigenvalue weighted by Crippen LogP contribution is 2.45. The quantitative estimate of drug-likeness (QED) is 0.866. The molecule has 0 radical (unpaired) electrons. The van der Waals surface area contributed by atoms with E-state index >= 15 is 0 Å². The molecule has 118 valence electrons. The van der Waals surface area contributed by atoms with Crippen molar-refractivity contribution in [1.29, 1.82) is 0 Å². The van der Waals surface area contributed by atoms with Gasteiger partial charge in [-0.1, -0.05) is 24.8 Å². The van der Waals surface area contributed by atoms with Crippen molar-refractivity contribution in [3.63, 3.8) is 0 Å². The Hall–Kier alpha value is -1.82. The van der Waals surface area contributed by atoms with E-state index in [-0.39, 0.29) is 5.91 Å². The second kappa shape index (κ2) is 5.43. The lowest BCUT2D eigenvalue weighted by atomic mass is 10.1. The summed E-state index contributed by atoms with van der Waals surface area (Å²) < 4.78 is 38.0. The Morgan fingerprint density at radius 2 is 2.05 bits per heavy atom. The van der Waals surface area contributed by atoms with Crippen LogP contribution in [0.5, 0.6) is 0 Å². The van der Waals surface area contributed by atoms with E-state index in [1.807, 2.05) is 0 Å². The van der Waals surface area contributed by atoms with Crippen molar-refractivity contribution in [3.05, 3.63) is 48.0 Å². The van der Waals surface area contributed by atoms with Gasteiger partial charge in [0.2, 0.25) is 5.91 Å². The number of benzene rings is 1. The van der Waals surface area contributed by atoms with Crippen LogP contribution >= 0.6 is 0 Å². The summed E-state index contributed by atoms with van der Waals surface area (Å²) in [6.45, 7) is 5.29. The lowest BCUT2D eigenvalue weighted by Gasteiger charge is -2.18. The largest absolute Gasteiger partial charge is 0.416 e. The molecular formula is C16H17F3N2O. The number of hydrogen-bond donors (Lipinski definition) is 1. The topological polar surface area (TPSA) is 32.3 Å². The molecule has 2 fully saturated rings. The summed E-state index contributed by atoms with van der Waals surface area (Å²) in [5.41, 5.74) is 0.00404. The number of hydrogen-bond acceptors (Lipinski definition) is 2. The van der Waals surface area contributed by atoms with Gasteiger partial charge >= 0.3 is 6.18 Å². The van der Waals surface area contributed by atoms with Gasteiger partial charge in [-0.15, -0.1) is 0 Å². The molecule has 0 aromatic heterocycles. The van der Waals surface area contributed by atoms with E-state index in [2.05, 4.69) is 11.9 Å². The van der Waals surface area contributed by atoms with Gasteiger partial charge in [-0.05, 0) is 29.5 Å². The molecule has 0 spiro atoms. The fraction of sp³-hybridized carbons (Fsp3) is 0.438. The van der Waals surface area contributed by atoms with E-state index < -0.39 is 11.7 Å². The molecule has 1 saturated heterocycles. The van der Waals surface area contributed by atoms with Crippen molar-refractivity contribution >= 4 is 5.91 Å². The van der Waals surface area contributed by atoms with Crippen molar-refractivity contribution in [1.82, 2.24) is 10.2 Å². The summed E-state index contributed by atoms with van der Waals surface area (Å²) in [5.74, 6) is 0.772. The number of halogens is 3. The first-order chi connectivity index (χ1) is 10.4. The molecule has 0 bridgehead atoms. The van der Waals surface area contributed by atoms with Gasteiger partial charge in [0.1, 0.15) is 0 Å². The number of nitrogens with zero attached hydrogens (tertiary/aromatic N) is 1. The maximum absolute atomic E-state index is 12.7. The van der Waals surface area contributed by atoms with Crippen molar-refractivity contribution in [2.75, 3.05) is 13.1 Å². The van der Waals surface area contributed by atoms with Gasteiger partial charge < -0.3 is 10.2 Å². The SMILES string of the molecule is C=CC(=O)N1C[C@@H]2C(NCc3cccc(C(F)(F)F)c3)[C@@H]2C1. The third-order valence-corrected chi connectivity index (χ3v) is 4.48. The van der Waals surface area contributed by atoms with E-state index in [1.54, 1.807) is 11.0 Å². The molecule has 1 amide bonds. The number of nitrogens with one attached hydrogen (secondary N) is 1. The molecule has 3 atom stereocenters. The summed E-state index contributed by atoms with van der Waals surface area (Å²) in [7, 11) is 0. The van der Waals surface area contributed by atoms with Gasteiger partial charge in [0.15, 0.2) is 0 Å². The third-order valence-electron chi connectivity index (χ3n) is 4.48. The molecule has 2 aliphatic rings. The highest BCUT2D eigenvalue weighted by molar-refractivity contribution is 5.87. The Bertz CT molecular complexity index is 587. The van der Waals surface area contributed by atoms with Crippen LogP contribution in [0.3, 0.4) is 0 Å². The monoisotopic (exact) mass is 310 g/mol. The normalized spacial score (nSPS) is 26.7. The summed E-state index contributed by atoms with van der Waals surface area (Å²) >= 11 is 0. The molecule has 3 nitrogen and oxygen atoms in total. The Morgan fingerprint density at radius 1 is 1.36 bits per heavy atom. The Balaban J connectivity index is 1.52. The van der Waals surface area contributed by atoms with Gasteiger partial charge in [0.25, 0.3) is 0 Å². The van der Waals surface area contributed by atoms with E-state index in [0.717, 1.165) is 6.07 Å². The Kier molecular flexibility index (Phi) is 3.72. The molecule has 1 aliphatic carbocycles. The van der Waals surface area contributed by atoms with Crippen LogP contribution < -0.4 is 5.32 Å². The maximum atomic E-state index is 12.7. The number of alkyl halides is 3. The van der Waals surface area contributed by atoms with Crippen LogP contribution in [0.4, 0.5) is 13.2 Å². The zero-order valence-electron chi connectivity index (χ0n) is 11.9. The van der Waals surface area contributed by atoms with Crippen molar-refractivity contribution in [3.8, 4) is 0 Å². The van der Waals surface area contributed by atoms with Crippen LogP contribution in [0.25, 0.3) is 0 Å². The minimum atomic E-state index is -4.31. The second-order valence-electron chi connectivity index (χ2n) is 5.88. The Labute approximate surface area is 126 Å². The van der Waals surface area contributed by atoms with Crippen molar-refractivity contribution in [2.24, 2.45) is 11.8 Å². The van der Waals surface area contributed by atoms with Crippen molar-refractivity contribution in [2.45, 2.75) is 18.8 Å². The van der Waals surface area contributed by atoms with E-state index in [4.69, 9.17) is 0 Å². The molecule has 3 rings (SSSR count). The number of rotatable bonds is 4. The fourth-order valence-electron chi connectivity index (χ4n) is 3.23. The minimum Gasteiger partial charge on any atom is -0.338 e. The highest BCUT2D eigenvalue weighted by Gasteiger charge is 2.56.